The van der Waals surface area contributed by atoms with Gasteiger partial charge in [-0.3, -0.25) is 4.79 Å². The summed E-state index contributed by atoms with van der Waals surface area (Å²) in [6.07, 6.45) is 1.77. The minimum Gasteiger partial charge on any atom is -0.481 e. The van der Waals surface area contributed by atoms with Gasteiger partial charge in [0.05, 0.1) is 0 Å². The van der Waals surface area contributed by atoms with Crippen molar-refractivity contribution in [3.63, 3.8) is 0 Å². The Bertz CT molecular complexity index is 665. The van der Waals surface area contributed by atoms with E-state index in [4.69, 9.17) is 4.74 Å². The predicted molar refractivity (Wildman–Crippen MR) is 87.6 cm³/mol. The number of carbonyl (C=O) groups excluding carboxylic acids is 1. The van der Waals surface area contributed by atoms with Crippen LogP contribution in [0.2, 0.25) is 0 Å². The minimum atomic E-state index is -0.434. The lowest BCUT2D eigenvalue weighted by Gasteiger charge is -2.21. The molecule has 21 heavy (non-hydrogen) atoms. The van der Waals surface area contributed by atoms with E-state index in [0.29, 0.717) is 0 Å². The summed E-state index contributed by atoms with van der Waals surface area (Å²) in [5.41, 5.74) is 0. The summed E-state index contributed by atoms with van der Waals surface area (Å²) in [6.45, 7) is 3.54. The van der Waals surface area contributed by atoms with Crippen molar-refractivity contribution in [2.75, 3.05) is 13.1 Å². The monoisotopic (exact) mass is 347 g/mol. The van der Waals surface area contributed by atoms with Gasteiger partial charge in [0.1, 0.15) is 5.75 Å². The molecule has 1 aliphatic heterocycles. The summed E-state index contributed by atoms with van der Waals surface area (Å²) in [6, 6.07) is 12.0. The van der Waals surface area contributed by atoms with Crippen molar-refractivity contribution in [1.29, 1.82) is 0 Å². The SMILES string of the molecule is CC(Oc1ccc2cc(Br)ccc2c1)C(=O)N1CCCC1. The number of carbonyl (C=O) groups is 1. The smallest absolute Gasteiger partial charge is 0.263 e. The molecule has 1 heterocycles. The van der Waals surface area contributed by atoms with Gasteiger partial charge in [-0.2, -0.15) is 0 Å². The number of hydrogen-bond donors (Lipinski definition) is 0. The molecule has 3 nitrogen and oxygen atoms in total. The third-order valence-corrected chi connectivity index (χ3v) is 4.35. The number of ether oxygens (including phenoxy) is 1. The minimum absolute atomic E-state index is 0.0865. The average Bonchev–Trinajstić information content (AvgIpc) is 3.00. The number of hydrogen-bond acceptors (Lipinski definition) is 2. The van der Waals surface area contributed by atoms with Crippen molar-refractivity contribution in [1.82, 2.24) is 4.90 Å². The van der Waals surface area contributed by atoms with E-state index in [2.05, 4.69) is 22.0 Å². The highest BCUT2D eigenvalue weighted by atomic mass is 79.9. The number of benzene rings is 2. The van der Waals surface area contributed by atoms with Gasteiger partial charge in [0.25, 0.3) is 5.91 Å². The van der Waals surface area contributed by atoms with Crippen LogP contribution in [-0.2, 0) is 4.79 Å². The van der Waals surface area contributed by atoms with E-state index >= 15 is 0 Å². The molecule has 1 amide bonds. The second-order valence-electron chi connectivity index (χ2n) is 5.45. The lowest BCUT2D eigenvalue weighted by molar-refractivity contribution is -0.136. The molecule has 2 aromatic carbocycles. The molecule has 0 radical (unpaired) electrons. The number of fused-ring (bicyclic) bond motifs is 1. The Morgan fingerprint density at radius 2 is 1.81 bits per heavy atom. The maximum atomic E-state index is 12.3. The fourth-order valence-electron chi connectivity index (χ4n) is 2.72. The van der Waals surface area contributed by atoms with Crippen molar-refractivity contribution in [3.8, 4) is 5.75 Å². The van der Waals surface area contributed by atoms with Crippen LogP contribution >= 0.6 is 15.9 Å². The summed E-state index contributed by atoms with van der Waals surface area (Å²) in [4.78, 5) is 14.1. The number of rotatable bonds is 3. The maximum absolute atomic E-state index is 12.3. The maximum Gasteiger partial charge on any atom is 0.263 e. The van der Waals surface area contributed by atoms with Gasteiger partial charge in [0.2, 0.25) is 0 Å². The summed E-state index contributed by atoms with van der Waals surface area (Å²) in [5.74, 6) is 0.827. The van der Waals surface area contributed by atoms with Crippen LogP contribution in [0.1, 0.15) is 19.8 Å². The number of amides is 1. The lowest BCUT2D eigenvalue weighted by Crippen LogP contribution is -2.38. The number of likely N-dealkylation sites (tertiary alicyclic amines) is 1. The quantitative estimate of drug-likeness (QED) is 0.839. The first kappa shape index (κ1) is 14.4. The molecule has 2 aromatic rings. The van der Waals surface area contributed by atoms with Crippen molar-refractivity contribution >= 4 is 32.6 Å². The molecule has 1 atom stereocenters. The van der Waals surface area contributed by atoms with Crippen molar-refractivity contribution in [2.24, 2.45) is 0 Å². The van der Waals surface area contributed by atoms with Crippen LogP contribution in [0.15, 0.2) is 40.9 Å². The van der Waals surface area contributed by atoms with Crippen LogP contribution < -0.4 is 4.74 Å². The summed E-state index contributed by atoms with van der Waals surface area (Å²) in [7, 11) is 0. The zero-order valence-corrected chi connectivity index (χ0v) is 13.6. The second-order valence-corrected chi connectivity index (χ2v) is 6.36. The van der Waals surface area contributed by atoms with Crippen LogP contribution in [0, 0.1) is 0 Å². The molecular weight excluding hydrogens is 330 g/mol. The average molecular weight is 348 g/mol. The van der Waals surface area contributed by atoms with Gasteiger partial charge in [-0.25, -0.2) is 0 Å². The molecule has 0 aromatic heterocycles. The molecular formula is C17H18BrNO2. The molecule has 3 rings (SSSR count). The largest absolute Gasteiger partial charge is 0.481 e. The lowest BCUT2D eigenvalue weighted by atomic mass is 10.1. The van der Waals surface area contributed by atoms with Crippen LogP contribution in [0.25, 0.3) is 10.8 Å². The topological polar surface area (TPSA) is 29.5 Å². The van der Waals surface area contributed by atoms with Crippen molar-refractivity contribution in [3.05, 3.63) is 40.9 Å². The Labute approximate surface area is 133 Å². The van der Waals surface area contributed by atoms with Gasteiger partial charge in [-0.1, -0.05) is 28.1 Å². The molecule has 0 saturated carbocycles. The van der Waals surface area contributed by atoms with Crippen LogP contribution in [0.4, 0.5) is 0 Å². The Morgan fingerprint density at radius 3 is 2.57 bits per heavy atom. The highest BCUT2D eigenvalue weighted by Crippen LogP contribution is 2.25. The molecule has 1 fully saturated rings. The Hall–Kier alpha value is -1.55. The van der Waals surface area contributed by atoms with Gasteiger partial charge in [-0.15, -0.1) is 0 Å². The van der Waals surface area contributed by atoms with Gasteiger partial charge in [0, 0.05) is 17.6 Å². The first-order chi connectivity index (χ1) is 10.1. The molecule has 0 N–H and O–H groups in total. The Balaban J connectivity index is 1.74. The number of nitrogens with zero attached hydrogens (tertiary/aromatic N) is 1. The Morgan fingerprint density at radius 1 is 1.14 bits per heavy atom. The molecule has 0 bridgehead atoms. The third-order valence-electron chi connectivity index (χ3n) is 3.85. The highest BCUT2D eigenvalue weighted by Gasteiger charge is 2.24. The molecule has 1 saturated heterocycles. The zero-order chi connectivity index (χ0) is 14.8. The van der Waals surface area contributed by atoms with E-state index in [0.717, 1.165) is 46.9 Å². The van der Waals surface area contributed by atoms with Crippen LogP contribution in [0.3, 0.4) is 0 Å². The van der Waals surface area contributed by atoms with Crippen LogP contribution in [-0.4, -0.2) is 30.0 Å². The third kappa shape index (κ3) is 3.21. The van der Waals surface area contributed by atoms with Crippen LogP contribution in [0.5, 0.6) is 5.75 Å². The van der Waals surface area contributed by atoms with E-state index in [1.807, 2.05) is 42.2 Å². The summed E-state index contributed by atoms with van der Waals surface area (Å²) >= 11 is 3.47. The fraction of sp³-hybridized carbons (Fsp3) is 0.353. The van der Waals surface area contributed by atoms with E-state index < -0.39 is 6.10 Å². The molecule has 0 spiro atoms. The molecule has 4 heteroatoms. The summed E-state index contributed by atoms with van der Waals surface area (Å²) < 4.78 is 6.88. The zero-order valence-electron chi connectivity index (χ0n) is 12.0. The normalized spacial score (nSPS) is 16.2. The molecule has 110 valence electrons. The van der Waals surface area contributed by atoms with Gasteiger partial charge in [0.15, 0.2) is 6.10 Å². The predicted octanol–water partition coefficient (Wildman–Crippen LogP) is 3.99. The fourth-order valence-corrected chi connectivity index (χ4v) is 3.10. The standard InChI is InChI=1S/C17H18BrNO2/c1-12(17(20)19-8-2-3-9-19)21-16-7-5-13-10-15(18)6-4-14(13)11-16/h4-7,10-12H,2-3,8-9H2,1H3. The van der Waals surface area contributed by atoms with E-state index in [-0.39, 0.29) is 5.91 Å². The molecule has 1 aliphatic rings. The molecule has 0 aliphatic carbocycles. The van der Waals surface area contributed by atoms with Crippen molar-refractivity contribution < 1.29 is 9.53 Å². The second kappa shape index (κ2) is 6.06. The Kier molecular flexibility index (Phi) is 4.15. The van der Waals surface area contributed by atoms with Crippen molar-refractivity contribution in [2.45, 2.75) is 25.9 Å². The van der Waals surface area contributed by atoms with Gasteiger partial charge < -0.3 is 9.64 Å². The number of halogens is 1. The van der Waals surface area contributed by atoms with E-state index in [9.17, 15) is 4.79 Å². The first-order valence-corrected chi connectivity index (χ1v) is 8.07. The van der Waals surface area contributed by atoms with E-state index in [1.165, 1.54) is 0 Å². The molecule has 1 unspecified atom stereocenters. The summed E-state index contributed by atoms with van der Waals surface area (Å²) in [5, 5.41) is 2.26. The first-order valence-electron chi connectivity index (χ1n) is 7.28. The highest BCUT2D eigenvalue weighted by molar-refractivity contribution is 9.10. The van der Waals surface area contributed by atoms with Gasteiger partial charge in [-0.05, 0) is 54.8 Å². The van der Waals surface area contributed by atoms with E-state index in [1.54, 1.807) is 0 Å². The van der Waals surface area contributed by atoms with Gasteiger partial charge >= 0.3 is 0 Å².